The molecule has 0 amide bonds. The van der Waals surface area contributed by atoms with Gasteiger partial charge in [-0.05, 0) is 19.2 Å². The van der Waals surface area contributed by atoms with Crippen molar-refractivity contribution in [1.82, 2.24) is 24.4 Å². The van der Waals surface area contributed by atoms with E-state index < -0.39 is 10.0 Å². The van der Waals surface area contributed by atoms with Crippen LogP contribution in [0.2, 0.25) is 0 Å². The number of nitrogens with one attached hydrogen (secondary N) is 2. The van der Waals surface area contributed by atoms with E-state index in [1.807, 2.05) is 14.1 Å². The van der Waals surface area contributed by atoms with E-state index in [1.54, 1.807) is 40.8 Å². The van der Waals surface area contributed by atoms with E-state index in [0.29, 0.717) is 6.54 Å². The van der Waals surface area contributed by atoms with Crippen LogP contribution < -0.4 is 10.0 Å². The monoisotopic (exact) mass is 297 g/mol. The minimum absolute atomic E-state index is 0.217. The summed E-state index contributed by atoms with van der Waals surface area (Å²) in [6.07, 6.45) is 3.25. The Bertz CT molecular complexity index is 687. The molecule has 0 atom stereocenters. The van der Waals surface area contributed by atoms with Crippen LogP contribution in [0.5, 0.6) is 0 Å². The quantitative estimate of drug-likeness (QED) is 0.784. The molecule has 2 N–H and O–H groups in total. The second-order valence-corrected chi connectivity index (χ2v) is 6.35. The topological polar surface area (TPSA) is 81.0 Å². The summed E-state index contributed by atoms with van der Waals surface area (Å²) < 4.78 is 30.5. The average molecular weight is 297 g/mol. The largest absolute Gasteiger partial charge is 0.352 e. The molecule has 0 bridgehead atoms. The first-order chi connectivity index (χ1) is 9.44. The molecule has 110 valence electrons. The molecule has 0 radical (unpaired) electrons. The summed E-state index contributed by atoms with van der Waals surface area (Å²) in [5.74, 6) is 0. The normalized spacial score (nSPS) is 11.9. The Morgan fingerprint density at radius 3 is 2.60 bits per heavy atom. The third-order valence-electron chi connectivity index (χ3n) is 3.12. The zero-order chi connectivity index (χ0) is 14.8. The number of nitrogens with zero attached hydrogens (tertiary/aromatic N) is 3. The van der Waals surface area contributed by atoms with Gasteiger partial charge < -0.3 is 9.88 Å². The van der Waals surface area contributed by atoms with E-state index in [0.717, 1.165) is 11.4 Å². The third-order valence-corrected chi connectivity index (χ3v) is 4.48. The van der Waals surface area contributed by atoms with Crippen molar-refractivity contribution in [1.29, 1.82) is 0 Å². The molecule has 0 aliphatic heterocycles. The summed E-state index contributed by atoms with van der Waals surface area (Å²) in [6.45, 7) is 0.836. The minimum atomic E-state index is -3.51. The molecule has 7 nitrogen and oxygen atoms in total. The van der Waals surface area contributed by atoms with Gasteiger partial charge in [0, 0.05) is 38.7 Å². The van der Waals surface area contributed by atoms with Crippen molar-refractivity contribution < 1.29 is 8.42 Å². The number of hydrogen-bond acceptors (Lipinski definition) is 4. The molecule has 0 aliphatic rings. The second-order valence-electron chi connectivity index (χ2n) is 4.58. The van der Waals surface area contributed by atoms with Crippen molar-refractivity contribution in [2.75, 3.05) is 7.05 Å². The third kappa shape index (κ3) is 3.09. The number of rotatable bonds is 6. The summed E-state index contributed by atoms with van der Waals surface area (Å²) in [5.41, 5.74) is 1.72. The van der Waals surface area contributed by atoms with Crippen molar-refractivity contribution in [2.45, 2.75) is 18.0 Å². The van der Waals surface area contributed by atoms with Crippen LogP contribution in [-0.4, -0.2) is 29.8 Å². The first-order valence-electron chi connectivity index (χ1n) is 6.20. The van der Waals surface area contributed by atoms with Crippen LogP contribution in [-0.2, 0) is 37.2 Å². The van der Waals surface area contributed by atoms with Gasteiger partial charge in [-0.2, -0.15) is 5.10 Å². The van der Waals surface area contributed by atoms with Crippen molar-refractivity contribution in [3.63, 3.8) is 0 Å². The molecular formula is C12H19N5O2S. The number of hydrogen-bond donors (Lipinski definition) is 2. The van der Waals surface area contributed by atoms with E-state index in [4.69, 9.17) is 0 Å². The summed E-state index contributed by atoms with van der Waals surface area (Å²) >= 11 is 0. The molecule has 0 fully saturated rings. The molecule has 2 aromatic heterocycles. The van der Waals surface area contributed by atoms with E-state index in [9.17, 15) is 8.42 Å². The maximum absolute atomic E-state index is 12.2. The van der Waals surface area contributed by atoms with E-state index in [1.165, 1.54) is 0 Å². The SMILES string of the molecule is CNCc1cc(S(=O)(=O)NCc2ccnn2C)cn1C. The van der Waals surface area contributed by atoms with Gasteiger partial charge in [0.25, 0.3) is 0 Å². The summed E-state index contributed by atoms with van der Waals surface area (Å²) in [4.78, 5) is 0.271. The minimum Gasteiger partial charge on any atom is -0.352 e. The van der Waals surface area contributed by atoms with E-state index in [2.05, 4.69) is 15.1 Å². The van der Waals surface area contributed by atoms with Crippen LogP contribution in [0.3, 0.4) is 0 Å². The van der Waals surface area contributed by atoms with Crippen LogP contribution in [0.4, 0.5) is 0 Å². The average Bonchev–Trinajstić information content (AvgIpc) is 2.95. The second kappa shape index (κ2) is 5.78. The lowest BCUT2D eigenvalue weighted by molar-refractivity contribution is 0.577. The molecule has 0 saturated carbocycles. The van der Waals surface area contributed by atoms with Crippen molar-refractivity contribution >= 4 is 10.0 Å². The van der Waals surface area contributed by atoms with Crippen LogP contribution in [0.25, 0.3) is 0 Å². The predicted molar refractivity (Wildman–Crippen MR) is 75.4 cm³/mol. The Morgan fingerprint density at radius 1 is 1.25 bits per heavy atom. The Balaban J connectivity index is 2.14. The Hall–Kier alpha value is -1.64. The van der Waals surface area contributed by atoms with E-state index >= 15 is 0 Å². The van der Waals surface area contributed by atoms with Crippen molar-refractivity contribution in [2.24, 2.45) is 14.1 Å². The molecule has 2 rings (SSSR count). The van der Waals surface area contributed by atoms with Crippen LogP contribution >= 0.6 is 0 Å². The van der Waals surface area contributed by atoms with Gasteiger partial charge in [-0.1, -0.05) is 0 Å². The molecule has 20 heavy (non-hydrogen) atoms. The van der Waals surface area contributed by atoms with Crippen molar-refractivity contribution in [3.8, 4) is 0 Å². The van der Waals surface area contributed by atoms with Gasteiger partial charge in [-0.3, -0.25) is 4.68 Å². The Labute approximate surface area is 118 Å². The molecule has 8 heteroatoms. The summed E-state index contributed by atoms with van der Waals surface area (Å²) in [7, 11) is 1.91. The number of aromatic nitrogens is 3. The first kappa shape index (κ1) is 14.8. The van der Waals surface area contributed by atoms with Gasteiger partial charge in [0.1, 0.15) is 0 Å². The molecule has 0 saturated heterocycles. The lowest BCUT2D eigenvalue weighted by Gasteiger charge is -2.05. The number of aryl methyl sites for hydroxylation is 2. The highest BCUT2D eigenvalue weighted by Crippen LogP contribution is 2.13. The van der Waals surface area contributed by atoms with Gasteiger partial charge in [0.05, 0.1) is 17.1 Å². The summed E-state index contributed by atoms with van der Waals surface area (Å²) in [5, 5.41) is 7.01. The fourth-order valence-electron chi connectivity index (χ4n) is 1.91. The van der Waals surface area contributed by atoms with Gasteiger partial charge in [0.15, 0.2) is 0 Å². The zero-order valence-electron chi connectivity index (χ0n) is 11.8. The van der Waals surface area contributed by atoms with Crippen LogP contribution in [0.15, 0.2) is 29.4 Å². The van der Waals surface area contributed by atoms with Gasteiger partial charge in [-0.25, -0.2) is 13.1 Å². The molecule has 2 heterocycles. The Morgan fingerprint density at radius 2 is 2.00 bits per heavy atom. The zero-order valence-corrected chi connectivity index (χ0v) is 12.6. The fourth-order valence-corrected chi connectivity index (χ4v) is 3.00. The predicted octanol–water partition coefficient (Wildman–Crippen LogP) is -0.0435. The maximum atomic E-state index is 12.2. The number of sulfonamides is 1. The van der Waals surface area contributed by atoms with Gasteiger partial charge in [-0.15, -0.1) is 0 Å². The fraction of sp³-hybridized carbons (Fsp3) is 0.417. The first-order valence-corrected chi connectivity index (χ1v) is 7.69. The molecule has 0 unspecified atom stereocenters. The molecule has 0 aliphatic carbocycles. The van der Waals surface area contributed by atoms with Crippen LogP contribution in [0.1, 0.15) is 11.4 Å². The van der Waals surface area contributed by atoms with Crippen molar-refractivity contribution in [3.05, 3.63) is 35.9 Å². The lowest BCUT2D eigenvalue weighted by atomic mass is 10.4. The Kier molecular flexibility index (Phi) is 4.26. The summed E-state index contributed by atoms with van der Waals surface area (Å²) in [6, 6.07) is 3.45. The van der Waals surface area contributed by atoms with E-state index in [-0.39, 0.29) is 11.4 Å². The standard InChI is InChI=1S/C12H19N5O2S/c1-13-7-11-6-12(9-16(11)2)20(18,19)15-8-10-4-5-14-17(10)3/h4-6,9,13,15H,7-8H2,1-3H3. The highest BCUT2D eigenvalue weighted by molar-refractivity contribution is 7.89. The maximum Gasteiger partial charge on any atom is 0.242 e. The molecule has 0 aromatic carbocycles. The highest BCUT2D eigenvalue weighted by Gasteiger charge is 2.17. The molecular weight excluding hydrogens is 278 g/mol. The molecule has 2 aromatic rings. The molecule has 0 spiro atoms. The lowest BCUT2D eigenvalue weighted by Crippen LogP contribution is -2.24. The highest BCUT2D eigenvalue weighted by atomic mass is 32.2. The smallest absolute Gasteiger partial charge is 0.242 e. The van der Waals surface area contributed by atoms with Crippen LogP contribution in [0, 0.1) is 0 Å². The van der Waals surface area contributed by atoms with Gasteiger partial charge >= 0.3 is 0 Å². The van der Waals surface area contributed by atoms with Gasteiger partial charge in [0.2, 0.25) is 10.0 Å².